The van der Waals surface area contributed by atoms with Crippen LogP contribution in [0.3, 0.4) is 0 Å². The summed E-state index contributed by atoms with van der Waals surface area (Å²) in [4.78, 5) is 21.9. The zero-order chi connectivity index (χ0) is 19.4. The summed E-state index contributed by atoms with van der Waals surface area (Å²) >= 11 is 1.41. The van der Waals surface area contributed by atoms with E-state index in [0.717, 1.165) is 41.0 Å². The van der Waals surface area contributed by atoms with Crippen molar-refractivity contribution in [3.05, 3.63) is 22.6 Å². The second-order valence-corrected chi connectivity index (χ2v) is 7.39. The van der Waals surface area contributed by atoms with Gasteiger partial charge in [-0.25, -0.2) is 0 Å². The molecule has 0 atom stereocenters. The lowest BCUT2D eigenvalue weighted by Crippen LogP contribution is -2.28. The summed E-state index contributed by atoms with van der Waals surface area (Å²) < 4.78 is 11.3. The van der Waals surface area contributed by atoms with Gasteiger partial charge in [-0.2, -0.15) is 0 Å². The molecule has 1 aromatic rings. The van der Waals surface area contributed by atoms with Crippen molar-refractivity contribution in [2.24, 2.45) is 4.99 Å². The molecule has 1 amide bonds. The van der Waals surface area contributed by atoms with Gasteiger partial charge in [-0.1, -0.05) is 0 Å². The van der Waals surface area contributed by atoms with E-state index < -0.39 is 0 Å². The van der Waals surface area contributed by atoms with Gasteiger partial charge < -0.3 is 14.4 Å². The molecule has 0 saturated carbocycles. The molecule has 0 N–H and O–H groups in total. The van der Waals surface area contributed by atoms with E-state index >= 15 is 0 Å². The molecule has 2 aliphatic rings. The molecule has 2 heterocycles. The second-order valence-electron chi connectivity index (χ2n) is 6.38. The Kier molecular flexibility index (Phi) is 6.31. The summed E-state index contributed by atoms with van der Waals surface area (Å²) in [6.45, 7) is 7.24. The minimum atomic E-state index is -0.0145. The van der Waals surface area contributed by atoms with E-state index in [2.05, 4.69) is 9.89 Å². The normalized spacial score (nSPS) is 20.2. The van der Waals surface area contributed by atoms with Crippen molar-refractivity contribution >= 4 is 34.6 Å². The highest BCUT2D eigenvalue weighted by atomic mass is 32.2. The van der Waals surface area contributed by atoms with Gasteiger partial charge in [-0.05, 0) is 50.6 Å². The number of amides is 1. The third-order valence-electron chi connectivity index (χ3n) is 4.76. The third-order valence-corrected chi connectivity index (χ3v) is 5.81. The van der Waals surface area contributed by atoms with Gasteiger partial charge in [0.15, 0.2) is 5.17 Å². The molecule has 0 aromatic heterocycles. The lowest BCUT2D eigenvalue weighted by atomic mass is 10.1. The van der Waals surface area contributed by atoms with Crippen LogP contribution in [-0.4, -0.2) is 56.4 Å². The number of amidine groups is 1. The Labute approximate surface area is 165 Å². The maximum absolute atomic E-state index is 12.7. The summed E-state index contributed by atoms with van der Waals surface area (Å²) in [6, 6.07) is 3.97. The first-order valence-corrected chi connectivity index (χ1v) is 10.2. The number of anilines is 1. The van der Waals surface area contributed by atoms with Crippen LogP contribution in [-0.2, 0) is 4.79 Å². The number of ether oxygens (including phenoxy) is 2. The molecule has 0 bridgehead atoms. The van der Waals surface area contributed by atoms with E-state index in [1.807, 2.05) is 32.1 Å². The molecule has 0 unspecified atom stereocenters. The predicted molar refractivity (Wildman–Crippen MR) is 112 cm³/mol. The molecule has 2 saturated heterocycles. The number of nitrogens with zero attached hydrogens (tertiary/aromatic N) is 3. The summed E-state index contributed by atoms with van der Waals surface area (Å²) in [7, 11) is 3.34. The number of thioether (sulfide) groups is 1. The number of carbonyl (C=O) groups excluding carboxylic acids is 1. The lowest BCUT2D eigenvalue weighted by molar-refractivity contribution is -0.122. The minimum absolute atomic E-state index is 0.0145. The second kappa shape index (κ2) is 8.69. The van der Waals surface area contributed by atoms with E-state index in [4.69, 9.17) is 9.47 Å². The SMILES string of the molecule is CCN=C1S/C(=C/c2cc(OC)c(N3CCCC3)cc2OC)C(=O)N1CC. The number of hydrogen-bond donors (Lipinski definition) is 0. The highest BCUT2D eigenvalue weighted by Crippen LogP contribution is 2.40. The van der Waals surface area contributed by atoms with Gasteiger partial charge >= 0.3 is 0 Å². The molecule has 1 aromatic carbocycles. The lowest BCUT2D eigenvalue weighted by Gasteiger charge is -2.22. The van der Waals surface area contributed by atoms with Crippen molar-refractivity contribution in [2.45, 2.75) is 26.7 Å². The van der Waals surface area contributed by atoms with Gasteiger partial charge in [0.25, 0.3) is 5.91 Å². The van der Waals surface area contributed by atoms with Crippen molar-refractivity contribution in [3.63, 3.8) is 0 Å². The van der Waals surface area contributed by atoms with Crippen LogP contribution in [0.5, 0.6) is 11.5 Å². The van der Waals surface area contributed by atoms with Gasteiger partial charge in [-0.15, -0.1) is 0 Å². The molecular formula is C20H27N3O3S. The van der Waals surface area contributed by atoms with Gasteiger partial charge in [0, 0.05) is 37.8 Å². The highest BCUT2D eigenvalue weighted by molar-refractivity contribution is 8.18. The average Bonchev–Trinajstić information content (AvgIpc) is 3.30. The summed E-state index contributed by atoms with van der Waals surface area (Å²) in [5.41, 5.74) is 1.88. The maximum atomic E-state index is 12.7. The molecule has 3 rings (SSSR count). The first kappa shape index (κ1) is 19.6. The number of methoxy groups -OCH3 is 2. The smallest absolute Gasteiger partial charge is 0.266 e. The highest BCUT2D eigenvalue weighted by Gasteiger charge is 2.32. The van der Waals surface area contributed by atoms with Crippen molar-refractivity contribution in [1.29, 1.82) is 0 Å². The van der Waals surface area contributed by atoms with Crippen LogP contribution < -0.4 is 14.4 Å². The Bertz CT molecular complexity index is 770. The number of hydrogen-bond acceptors (Lipinski definition) is 6. The first-order chi connectivity index (χ1) is 13.1. The number of likely N-dealkylation sites (N-methyl/N-ethyl adjacent to an activating group) is 1. The molecule has 0 radical (unpaired) electrons. The van der Waals surface area contributed by atoms with E-state index in [1.54, 1.807) is 19.1 Å². The Morgan fingerprint density at radius 3 is 2.44 bits per heavy atom. The molecular weight excluding hydrogens is 362 g/mol. The van der Waals surface area contributed by atoms with Crippen molar-refractivity contribution in [1.82, 2.24) is 4.90 Å². The van der Waals surface area contributed by atoms with Crippen LogP contribution in [0, 0.1) is 0 Å². The summed E-state index contributed by atoms with van der Waals surface area (Å²) in [5, 5.41) is 0.760. The quantitative estimate of drug-likeness (QED) is 0.696. The average molecular weight is 390 g/mol. The minimum Gasteiger partial charge on any atom is -0.496 e. The van der Waals surface area contributed by atoms with E-state index in [9.17, 15) is 4.79 Å². The molecule has 146 valence electrons. The molecule has 0 aliphatic carbocycles. The Morgan fingerprint density at radius 1 is 1.15 bits per heavy atom. The zero-order valence-electron chi connectivity index (χ0n) is 16.4. The maximum Gasteiger partial charge on any atom is 0.266 e. The molecule has 2 fully saturated rings. The number of aliphatic imine (C=N–C) groups is 1. The van der Waals surface area contributed by atoms with Crippen LogP contribution in [0.1, 0.15) is 32.3 Å². The van der Waals surface area contributed by atoms with E-state index in [-0.39, 0.29) is 5.91 Å². The van der Waals surface area contributed by atoms with Crippen LogP contribution in [0.15, 0.2) is 22.0 Å². The fourth-order valence-electron chi connectivity index (χ4n) is 3.40. The Hall–Kier alpha value is -2.15. The van der Waals surface area contributed by atoms with Crippen molar-refractivity contribution < 1.29 is 14.3 Å². The van der Waals surface area contributed by atoms with Gasteiger partial charge in [0.1, 0.15) is 11.5 Å². The molecule has 0 spiro atoms. The van der Waals surface area contributed by atoms with Crippen LogP contribution in [0.25, 0.3) is 6.08 Å². The predicted octanol–water partition coefficient (Wildman–Crippen LogP) is 3.62. The Morgan fingerprint density at radius 2 is 1.85 bits per heavy atom. The summed E-state index contributed by atoms with van der Waals surface area (Å²) in [6.07, 6.45) is 4.26. The zero-order valence-corrected chi connectivity index (χ0v) is 17.3. The molecule has 6 nitrogen and oxygen atoms in total. The monoisotopic (exact) mass is 389 g/mol. The van der Waals surface area contributed by atoms with Gasteiger partial charge in [-0.3, -0.25) is 14.7 Å². The number of benzene rings is 1. The summed E-state index contributed by atoms with van der Waals surface area (Å²) in [5.74, 6) is 1.52. The molecule has 7 heteroatoms. The van der Waals surface area contributed by atoms with Crippen LogP contribution >= 0.6 is 11.8 Å². The first-order valence-electron chi connectivity index (χ1n) is 9.39. The number of carbonyl (C=O) groups is 1. The molecule has 2 aliphatic heterocycles. The largest absolute Gasteiger partial charge is 0.496 e. The fourth-order valence-corrected chi connectivity index (χ4v) is 4.50. The third kappa shape index (κ3) is 3.93. The van der Waals surface area contributed by atoms with Crippen molar-refractivity contribution in [2.75, 3.05) is 45.3 Å². The van der Waals surface area contributed by atoms with Gasteiger partial charge in [0.2, 0.25) is 0 Å². The topological polar surface area (TPSA) is 54.4 Å². The van der Waals surface area contributed by atoms with Crippen molar-refractivity contribution in [3.8, 4) is 11.5 Å². The van der Waals surface area contributed by atoms with E-state index in [0.29, 0.717) is 18.0 Å². The van der Waals surface area contributed by atoms with E-state index in [1.165, 1.54) is 24.6 Å². The molecule has 27 heavy (non-hydrogen) atoms. The van der Waals surface area contributed by atoms with Crippen LogP contribution in [0.2, 0.25) is 0 Å². The number of rotatable bonds is 6. The van der Waals surface area contributed by atoms with Crippen LogP contribution in [0.4, 0.5) is 5.69 Å². The fraction of sp³-hybridized carbons (Fsp3) is 0.500. The Balaban J connectivity index is 2.00. The van der Waals surface area contributed by atoms with Gasteiger partial charge in [0.05, 0.1) is 24.8 Å². The standard InChI is InChI=1S/C20H27N3O3S/c1-5-21-20-23(6-2)19(24)18(27-20)12-14-11-17(26-4)15(13-16(14)25-3)22-9-7-8-10-22/h11-13H,5-10H2,1-4H3/b18-12+,21-20?.